The maximum Gasteiger partial charge on any atom is 0.226 e. The molecule has 4 rings (SSSR count). The predicted molar refractivity (Wildman–Crippen MR) is 105 cm³/mol. The lowest BCUT2D eigenvalue weighted by Gasteiger charge is -2.26. The first-order valence-corrected chi connectivity index (χ1v) is 8.93. The van der Waals surface area contributed by atoms with Crippen LogP contribution < -0.4 is 14.8 Å². The molecule has 1 atom stereocenters. The Bertz CT molecular complexity index is 976. The minimum absolute atomic E-state index is 0.158. The molecule has 0 bridgehead atoms. The Kier molecular flexibility index (Phi) is 4.54. The zero-order chi connectivity index (χ0) is 18.8. The Morgan fingerprint density at radius 2 is 1.89 bits per heavy atom. The van der Waals surface area contributed by atoms with E-state index in [0.29, 0.717) is 17.4 Å². The highest BCUT2D eigenvalue weighted by molar-refractivity contribution is 5.77. The molecule has 1 aromatic heterocycles. The van der Waals surface area contributed by atoms with Gasteiger partial charge in [-0.2, -0.15) is 10.1 Å². The molecule has 0 unspecified atom stereocenters. The summed E-state index contributed by atoms with van der Waals surface area (Å²) in [7, 11) is 3.29. The topological polar surface area (TPSA) is 61.2 Å². The fraction of sp³-hybridized carbons (Fsp3) is 0.238. The van der Waals surface area contributed by atoms with Crippen molar-refractivity contribution >= 4 is 11.6 Å². The summed E-state index contributed by atoms with van der Waals surface area (Å²) in [5, 5.41) is 7.78. The monoisotopic (exact) mass is 362 g/mol. The number of hydrogen-bond acceptors (Lipinski definition) is 5. The number of methoxy groups -OCH3 is 2. The first-order valence-electron chi connectivity index (χ1n) is 8.93. The van der Waals surface area contributed by atoms with Crippen molar-refractivity contribution in [1.82, 2.24) is 14.8 Å². The molecule has 1 aliphatic rings. The van der Waals surface area contributed by atoms with Crippen LogP contribution in [0.4, 0.5) is 5.95 Å². The molecule has 0 aliphatic carbocycles. The molecule has 1 N–H and O–H groups in total. The van der Waals surface area contributed by atoms with Gasteiger partial charge in [0.15, 0.2) is 11.5 Å². The van der Waals surface area contributed by atoms with Crippen molar-refractivity contribution in [3.8, 4) is 11.5 Å². The van der Waals surface area contributed by atoms with E-state index >= 15 is 0 Å². The van der Waals surface area contributed by atoms with E-state index in [0.717, 1.165) is 23.2 Å². The van der Waals surface area contributed by atoms with Crippen molar-refractivity contribution in [2.45, 2.75) is 19.4 Å². The Hall–Kier alpha value is -3.28. The van der Waals surface area contributed by atoms with Gasteiger partial charge in [-0.05, 0) is 29.7 Å². The quantitative estimate of drug-likeness (QED) is 0.745. The van der Waals surface area contributed by atoms with Gasteiger partial charge in [-0.15, -0.1) is 0 Å². The Labute approximate surface area is 158 Å². The smallest absolute Gasteiger partial charge is 0.226 e. The highest BCUT2D eigenvalue weighted by Gasteiger charge is 2.27. The van der Waals surface area contributed by atoms with Crippen molar-refractivity contribution in [2.24, 2.45) is 0 Å². The lowest BCUT2D eigenvalue weighted by Crippen LogP contribution is -2.20. The average molecular weight is 362 g/mol. The molecule has 2 heterocycles. The van der Waals surface area contributed by atoms with Gasteiger partial charge in [0.25, 0.3) is 0 Å². The van der Waals surface area contributed by atoms with E-state index in [1.165, 1.54) is 5.56 Å². The van der Waals surface area contributed by atoms with Gasteiger partial charge in [-0.25, -0.2) is 4.68 Å². The van der Waals surface area contributed by atoms with Crippen LogP contribution in [0.2, 0.25) is 0 Å². The van der Waals surface area contributed by atoms with Crippen molar-refractivity contribution in [3.05, 3.63) is 71.6 Å². The van der Waals surface area contributed by atoms with E-state index in [4.69, 9.17) is 9.47 Å². The summed E-state index contributed by atoms with van der Waals surface area (Å²) in [6.07, 6.45) is 4.71. The van der Waals surface area contributed by atoms with E-state index in [1.807, 2.05) is 22.9 Å². The number of ether oxygens (including phenoxy) is 2. The molecular formula is C21H22N4O2. The van der Waals surface area contributed by atoms with E-state index in [9.17, 15) is 0 Å². The number of aromatic nitrogens is 3. The van der Waals surface area contributed by atoms with Crippen LogP contribution >= 0.6 is 0 Å². The zero-order valence-corrected chi connectivity index (χ0v) is 15.6. The molecule has 0 saturated carbocycles. The molecule has 138 valence electrons. The average Bonchev–Trinajstić information content (AvgIpc) is 3.21. The van der Waals surface area contributed by atoms with E-state index in [1.54, 1.807) is 20.5 Å². The first-order chi connectivity index (χ1) is 13.2. The summed E-state index contributed by atoms with van der Waals surface area (Å²) < 4.78 is 13.0. The second kappa shape index (κ2) is 7.15. The molecule has 0 radical (unpaired) electrons. The summed E-state index contributed by atoms with van der Waals surface area (Å²) >= 11 is 0. The third-order valence-corrected chi connectivity index (χ3v) is 4.83. The summed E-state index contributed by atoms with van der Waals surface area (Å²) in [5.41, 5.74) is 4.37. The SMILES string of the molecule is CCc1ccc(C2=C[C@H](c3cccc(OC)c3OC)n3ncnc3N2)cc1. The van der Waals surface area contributed by atoms with Crippen LogP contribution in [0, 0.1) is 0 Å². The van der Waals surface area contributed by atoms with E-state index in [-0.39, 0.29) is 6.04 Å². The summed E-state index contributed by atoms with van der Waals surface area (Å²) in [6, 6.07) is 14.3. The Balaban J connectivity index is 1.82. The van der Waals surface area contributed by atoms with Crippen LogP contribution in [0.25, 0.3) is 5.70 Å². The number of allylic oxidation sites excluding steroid dienone is 1. The molecule has 0 amide bonds. The minimum atomic E-state index is -0.158. The number of para-hydroxylation sites is 1. The lowest BCUT2D eigenvalue weighted by atomic mass is 9.99. The van der Waals surface area contributed by atoms with Crippen molar-refractivity contribution in [1.29, 1.82) is 0 Å². The van der Waals surface area contributed by atoms with Gasteiger partial charge >= 0.3 is 0 Å². The van der Waals surface area contributed by atoms with Crippen LogP contribution in [-0.2, 0) is 6.42 Å². The van der Waals surface area contributed by atoms with E-state index < -0.39 is 0 Å². The first kappa shape index (κ1) is 17.1. The summed E-state index contributed by atoms with van der Waals surface area (Å²) in [5.74, 6) is 2.09. The molecule has 27 heavy (non-hydrogen) atoms. The summed E-state index contributed by atoms with van der Waals surface area (Å²) in [4.78, 5) is 4.37. The van der Waals surface area contributed by atoms with Gasteiger partial charge in [0.05, 0.1) is 14.2 Å². The maximum atomic E-state index is 5.65. The molecule has 0 fully saturated rings. The van der Waals surface area contributed by atoms with Gasteiger partial charge in [0.2, 0.25) is 5.95 Å². The molecule has 0 spiro atoms. The zero-order valence-electron chi connectivity index (χ0n) is 15.6. The van der Waals surface area contributed by atoms with Crippen molar-refractivity contribution in [3.63, 3.8) is 0 Å². The second-order valence-electron chi connectivity index (χ2n) is 6.31. The van der Waals surface area contributed by atoms with Crippen molar-refractivity contribution in [2.75, 3.05) is 19.5 Å². The molecule has 6 nitrogen and oxygen atoms in total. The number of nitrogens with zero attached hydrogens (tertiary/aromatic N) is 3. The highest BCUT2D eigenvalue weighted by atomic mass is 16.5. The van der Waals surface area contributed by atoms with Crippen LogP contribution in [0.5, 0.6) is 11.5 Å². The molecule has 3 aromatic rings. The number of hydrogen-bond donors (Lipinski definition) is 1. The highest BCUT2D eigenvalue weighted by Crippen LogP contribution is 2.40. The molecule has 1 aliphatic heterocycles. The number of rotatable bonds is 5. The fourth-order valence-electron chi connectivity index (χ4n) is 3.39. The third kappa shape index (κ3) is 3.03. The van der Waals surface area contributed by atoms with Gasteiger partial charge < -0.3 is 14.8 Å². The number of anilines is 1. The number of aryl methyl sites for hydroxylation is 1. The Morgan fingerprint density at radius 1 is 1.07 bits per heavy atom. The Morgan fingerprint density at radius 3 is 2.59 bits per heavy atom. The normalized spacial score (nSPS) is 15.5. The van der Waals surface area contributed by atoms with E-state index in [2.05, 4.69) is 52.7 Å². The molecular weight excluding hydrogens is 340 g/mol. The molecule has 0 saturated heterocycles. The van der Waals surface area contributed by atoms with Gasteiger partial charge in [0.1, 0.15) is 12.4 Å². The molecule has 6 heteroatoms. The minimum Gasteiger partial charge on any atom is -0.493 e. The van der Waals surface area contributed by atoms with Gasteiger partial charge in [-0.1, -0.05) is 43.3 Å². The predicted octanol–water partition coefficient (Wildman–Crippen LogP) is 3.91. The van der Waals surface area contributed by atoms with Gasteiger partial charge in [-0.3, -0.25) is 0 Å². The van der Waals surface area contributed by atoms with Crippen molar-refractivity contribution < 1.29 is 9.47 Å². The van der Waals surface area contributed by atoms with Crippen LogP contribution in [0.15, 0.2) is 54.9 Å². The largest absolute Gasteiger partial charge is 0.493 e. The van der Waals surface area contributed by atoms with Crippen LogP contribution in [-0.4, -0.2) is 29.0 Å². The van der Waals surface area contributed by atoms with Gasteiger partial charge in [0, 0.05) is 11.3 Å². The number of fused-ring (bicyclic) bond motifs is 1. The summed E-state index contributed by atoms with van der Waals surface area (Å²) in [6.45, 7) is 2.15. The number of benzene rings is 2. The standard InChI is InChI=1S/C21H22N4O2/c1-4-14-8-10-15(11-9-14)17-12-18(25-21(24-17)22-13-23-25)16-6-5-7-19(26-2)20(16)27-3/h5-13,18H,4H2,1-3H3,(H,22,23,24)/t18-/m1/s1. The fourth-order valence-corrected chi connectivity index (χ4v) is 3.39. The van der Waals surface area contributed by atoms with Crippen LogP contribution in [0.3, 0.4) is 0 Å². The molecule has 2 aromatic carbocycles. The lowest BCUT2D eigenvalue weighted by molar-refractivity contribution is 0.349. The maximum absolute atomic E-state index is 5.65. The third-order valence-electron chi connectivity index (χ3n) is 4.83. The van der Waals surface area contributed by atoms with Crippen LogP contribution in [0.1, 0.15) is 29.7 Å². The number of nitrogens with one attached hydrogen (secondary N) is 1. The second-order valence-corrected chi connectivity index (χ2v) is 6.31.